The molecule has 4 aromatic rings. The second-order valence-corrected chi connectivity index (χ2v) is 7.97. The van der Waals surface area contributed by atoms with Gasteiger partial charge < -0.3 is 20.3 Å². The van der Waals surface area contributed by atoms with Crippen LogP contribution in [0.1, 0.15) is 24.4 Å². The Bertz CT molecular complexity index is 1410. The van der Waals surface area contributed by atoms with Crippen molar-refractivity contribution in [3.05, 3.63) is 66.5 Å². The summed E-state index contributed by atoms with van der Waals surface area (Å²) in [6.07, 6.45) is 3.97. The first kappa shape index (κ1) is 20.5. The highest BCUT2D eigenvalue weighted by Gasteiger charge is 2.30. The van der Waals surface area contributed by atoms with Crippen molar-refractivity contribution in [3.63, 3.8) is 0 Å². The van der Waals surface area contributed by atoms with Gasteiger partial charge in [-0.3, -0.25) is 19.9 Å². The van der Waals surface area contributed by atoms with Crippen molar-refractivity contribution in [2.24, 2.45) is 0 Å². The number of amides is 4. The van der Waals surface area contributed by atoms with E-state index in [0.717, 1.165) is 21.9 Å². The molecule has 0 saturated carbocycles. The summed E-state index contributed by atoms with van der Waals surface area (Å²) in [5.74, 6) is -0.758. The molecule has 2 aromatic heterocycles. The van der Waals surface area contributed by atoms with E-state index >= 15 is 0 Å². The van der Waals surface area contributed by atoms with Crippen LogP contribution in [0.5, 0.6) is 5.88 Å². The molecule has 9 nitrogen and oxygen atoms in total. The van der Waals surface area contributed by atoms with Crippen molar-refractivity contribution in [1.82, 2.24) is 20.2 Å². The molecule has 4 amide bonds. The topological polar surface area (TPSA) is 125 Å². The van der Waals surface area contributed by atoms with E-state index in [4.69, 9.17) is 0 Å². The number of hydrogen-bond acceptors (Lipinski definition) is 5. The Kier molecular flexibility index (Phi) is 5.14. The van der Waals surface area contributed by atoms with E-state index in [0.29, 0.717) is 17.5 Å². The zero-order valence-corrected chi connectivity index (χ0v) is 17.5. The number of carbonyl (C=O) groups excluding carboxylic acids is 3. The number of nitrogens with one attached hydrogen (secondary N) is 3. The van der Waals surface area contributed by atoms with E-state index in [1.54, 1.807) is 30.6 Å². The van der Waals surface area contributed by atoms with Crippen LogP contribution in [-0.4, -0.2) is 32.5 Å². The zero-order chi connectivity index (χ0) is 22.9. The van der Waals surface area contributed by atoms with Crippen LogP contribution in [-0.2, 0) is 16.1 Å². The van der Waals surface area contributed by atoms with Gasteiger partial charge in [0.15, 0.2) is 5.88 Å². The minimum atomic E-state index is -0.639. The lowest BCUT2D eigenvalue weighted by atomic mass is 10.1. The van der Waals surface area contributed by atoms with Crippen molar-refractivity contribution in [2.45, 2.75) is 25.4 Å². The minimum Gasteiger partial charge on any atom is -0.494 e. The van der Waals surface area contributed by atoms with E-state index in [1.165, 1.54) is 4.57 Å². The Hall–Kier alpha value is -4.40. The van der Waals surface area contributed by atoms with Crippen LogP contribution >= 0.6 is 0 Å². The maximum absolute atomic E-state index is 12.4. The van der Waals surface area contributed by atoms with Crippen LogP contribution in [0.25, 0.3) is 21.7 Å². The van der Waals surface area contributed by atoms with Crippen LogP contribution in [0, 0.1) is 0 Å². The molecular formula is C24H21N5O4. The Labute approximate surface area is 188 Å². The molecule has 1 atom stereocenters. The standard InChI is InChI=1S/C24H21N5O4/c30-21-8-7-20(22(31)28-21)29-13-16-10-14(3-5-18(16)23(29)32)12-26-24(33)27-17-4-6-19-15(11-17)2-1-9-25-19/h1-6,9-11,13,20,32H,7-8,12H2,(H2,26,27,33)(H,28,30,31). The molecule has 33 heavy (non-hydrogen) atoms. The lowest BCUT2D eigenvalue weighted by molar-refractivity contribution is -0.135. The Balaban J connectivity index is 1.27. The van der Waals surface area contributed by atoms with Crippen molar-refractivity contribution in [3.8, 4) is 5.88 Å². The molecule has 0 aliphatic carbocycles. The molecule has 1 saturated heterocycles. The van der Waals surface area contributed by atoms with Gasteiger partial charge >= 0.3 is 6.03 Å². The van der Waals surface area contributed by atoms with E-state index < -0.39 is 11.9 Å². The van der Waals surface area contributed by atoms with Crippen molar-refractivity contribution < 1.29 is 19.5 Å². The summed E-state index contributed by atoms with van der Waals surface area (Å²) in [6.45, 7) is 0.279. The van der Waals surface area contributed by atoms with Gasteiger partial charge in [0.2, 0.25) is 11.8 Å². The fourth-order valence-corrected chi connectivity index (χ4v) is 4.08. The summed E-state index contributed by atoms with van der Waals surface area (Å²) >= 11 is 0. The minimum absolute atomic E-state index is 0.0254. The van der Waals surface area contributed by atoms with Crippen molar-refractivity contribution in [1.29, 1.82) is 0 Å². The smallest absolute Gasteiger partial charge is 0.319 e. The first-order valence-electron chi connectivity index (χ1n) is 10.5. The number of anilines is 1. The highest BCUT2D eigenvalue weighted by atomic mass is 16.3. The molecule has 2 aromatic carbocycles. The largest absolute Gasteiger partial charge is 0.494 e. The number of aromatic nitrogens is 2. The summed E-state index contributed by atoms with van der Waals surface area (Å²) < 4.78 is 1.49. The lowest BCUT2D eigenvalue weighted by Gasteiger charge is -2.22. The normalized spacial score (nSPS) is 16.1. The number of fused-ring (bicyclic) bond motifs is 2. The molecular weight excluding hydrogens is 422 g/mol. The number of piperidine rings is 1. The number of aromatic hydroxyl groups is 1. The SMILES string of the molecule is O=C1CCC(n2cc3cc(CNC(=O)Nc4ccc5ncccc5c4)ccc3c2O)C(=O)N1. The van der Waals surface area contributed by atoms with Gasteiger partial charge in [-0.1, -0.05) is 12.1 Å². The van der Waals surface area contributed by atoms with E-state index in [1.807, 2.05) is 30.3 Å². The number of carbonyl (C=O) groups is 3. The Morgan fingerprint density at radius 2 is 2.03 bits per heavy atom. The average molecular weight is 443 g/mol. The molecule has 1 aliphatic rings. The zero-order valence-electron chi connectivity index (χ0n) is 17.5. The molecule has 0 radical (unpaired) electrons. The number of imide groups is 1. The van der Waals surface area contributed by atoms with Crippen molar-refractivity contribution >= 4 is 45.2 Å². The second-order valence-electron chi connectivity index (χ2n) is 7.97. The number of urea groups is 1. The molecule has 4 N–H and O–H groups in total. The van der Waals surface area contributed by atoms with Gasteiger partial charge in [0.05, 0.1) is 5.52 Å². The maximum atomic E-state index is 12.4. The summed E-state index contributed by atoms with van der Waals surface area (Å²) in [4.78, 5) is 40.2. The maximum Gasteiger partial charge on any atom is 0.319 e. The number of rotatable bonds is 4. The van der Waals surface area contributed by atoms with Crippen LogP contribution in [0.2, 0.25) is 0 Å². The molecule has 9 heteroatoms. The lowest BCUT2D eigenvalue weighted by Crippen LogP contribution is -2.41. The van der Waals surface area contributed by atoms with Crippen LogP contribution < -0.4 is 16.0 Å². The molecule has 1 unspecified atom stereocenters. The third-order valence-corrected chi connectivity index (χ3v) is 5.74. The van der Waals surface area contributed by atoms with Crippen LogP contribution in [0.4, 0.5) is 10.5 Å². The van der Waals surface area contributed by atoms with E-state index in [2.05, 4.69) is 20.9 Å². The molecule has 5 rings (SSSR count). The molecule has 166 valence electrons. The second kappa shape index (κ2) is 8.27. The number of hydrogen-bond donors (Lipinski definition) is 4. The summed E-state index contributed by atoms with van der Waals surface area (Å²) in [6, 6.07) is 13.7. The third kappa shape index (κ3) is 4.08. The monoisotopic (exact) mass is 443 g/mol. The van der Waals surface area contributed by atoms with Crippen LogP contribution in [0.3, 0.4) is 0 Å². The van der Waals surface area contributed by atoms with Gasteiger partial charge in [0, 0.05) is 47.2 Å². The Morgan fingerprint density at radius 1 is 1.15 bits per heavy atom. The fraction of sp³-hybridized carbons (Fsp3) is 0.167. The van der Waals surface area contributed by atoms with Gasteiger partial charge in [-0.15, -0.1) is 0 Å². The summed E-state index contributed by atoms with van der Waals surface area (Å²) in [7, 11) is 0. The van der Waals surface area contributed by atoms with Gasteiger partial charge in [-0.2, -0.15) is 0 Å². The number of pyridine rings is 1. The fourth-order valence-electron chi connectivity index (χ4n) is 4.08. The molecule has 3 heterocycles. The predicted octanol–water partition coefficient (Wildman–Crippen LogP) is 3.19. The van der Waals surface area contributed by atoms with Gasteiger partial charge in [-0.05, 0) is 48.4 Å². The molecule has 0 bridgehead atoms. The predicted molar refractivity (Wildman–Crippen MR) is 123 cm³/mol. The summed E-state index contributed by atoms with van der Waals surface area (Å²) in [5, 5.41) is 20.8. The number of nitrogens with zero attached hydrogens (tertiary/aromatic N) is 2. The highest BCUT2D eigenvalue weighted by Crippen LogP contribution is 2.33. The van der Waals surface area contributed by atoms with E-state index in [9.17, 15) is 19.5 Å². The van der Waals surface area contributed by atoms with Crippen molar-refractivity contribution in [2.75, 3.05) is 5.32 Å². The van der Waals surface area contributed by atoms with Gasteiger partial charge in [0.25, 0.3) is 0 Å². The number of benzene rings is 2. The first-order valence-corrected chi connectivity index (χ1v) is 10.5. The van der Waals surface area contributed by atoms with Crippen LogP contribution in [0.15, 0.2) is 60.9 Å². The Morgan fingerprint density at radius 3 is 2.88 bits per heavy atom. The third-order valence-electron chi connectivity index (χ3n) is 5.74. The van der Waals surface area contributed by atoms with E-state index in [-0.39, 0.29) is 30.8 Å². The molecule has 0 spiro atoms. The average Bonchev–Trinajstić information content (AvgIpc) is 3.13. The molecule has 1 aliphatic heterocycles. The quantitative estimate of drug-likeness (QED) is 0.361. The highest BCUT2D eigenvalue weighted by molar-refractivity contribution is 6.00. The van der Waals surface area contributed by atoms with Gasteiger partial charge in [0.1, 0.15) is 6.04 Å². The van der Waals surface area contributed by atoms with Gasteiger partial charge in [-0.25, -0.2) is 4.79 Å². The first-order chi connectivity index (χ1) is 16.0. The summed E-state index contributed by atoms with van der Waals surface area (Å²) in [5.41, 5.74) is 2.35. The molecule has 1 fully saturated rings.